The topological polar surface area (TPSA) is 29.5 Å². The summed E-state index contributed by atoms with van der Waals surface area (Å²) in [7, 11) is 3.52. The van der Waals surface area contributed by atoms with Crippen molar-refractivity contribution in [3.8, 4) is 0 Å². The van der Waals surface area contributed by atoms with E-state index < -0.39 is 0 Å². The van der Waals surface area contributed by atoms with Gasteiger partial charge in [0.15, 0.2) is 0 Å². The van der Waals surface area contributed by atoms with Gasteiger partial charge in [-0.05, 0) is 36.7 Å². The monoisotopic (exact) mass is 235 g/mol. The van der Waals surface area contributed by atoms with Gasteiger partial charge in [0.1, 0.15) is 0 Å². The molecule has 1 heterocycles. The van der Waals surface area contributed by atoms with Crippen LogP contribution in [0.2, 0.25) is 0 Å². The van der Waals surface area contributed by atoms with Crippen molar-refractivity contribution in [1.82, 2.24) is 4.90 Å². The molecule has 2 rings (SSSR count). The molecule has 1 aromatic carbocycles. The van der Waals surface area contributed by atoms with Crippen LogP contribution in [0, 0.1) is 0 Å². The minimum Gasteiger partial charge on any atom is -0.465 e. The van der Waals surface area contributed by atoms with E-state index in [1.807, 2.05) is 32.0 Å². The summed E-state index contributed by atoms with van der Waals surface area (Å²) in [6.45, 7) is 6.02. The highest BCUT2D eigenvalue weighted by molar-refractivity contribution is 5.89. The Morgan fingerprint density at radius 3 is 2.65 bits per heavy atom. The average Bonchev–Trinajstić information content (AvgIpc) is 2.39. The van der Waals surface area contributed by atoms with Gasteiger partial charge in [-0.15, -0.1) is 0 Å². The Kier molecular flexibility index (Phi) is 5.16. The second-order valence-corrected chi connectivity index (χ2v) is 3.96. The smallest absolute Gasteiger partial charge is 0.337 e. The van der Waals surface area contributed by atoms with Crippen molar-refractivity contribution in [3.05, 3.63) is 34.9 Å². The predicted octanol–water partition coefficient (Wildman–Crippen LogP) is 2.49. The maximum absolute atomic E-state index is 11.3. The molecule has 1 aromatic rings. The molecular formula is C14H21NO2. The molecule has 0 unspecified atom stereocenters. The number of fused-ring (bicyclic) bond motifs is 1. The summed E-state index contributed by atoms with van der Waals surface area (Å²) >= 11 is 0. The van der Waals surface area contributed by atoms with Crippen LogP contribution in [-0.2, 0) is 17.7 Å². The second-order valence-electron chi connectivity index (χ2n) is 3.96. The number of esters is 1. The van der Waals surface area contributed by atoms with Gasteiger partial charge >= 0.3 is 5.97 Å². The normalized spacial score (nSPS) is 14.4. The van der Waals surface area contributed by atoms with E-state index in [0.717, 1.165) is 19.5 Å². The summed E-state index contributed by atoms with van der Waals surface area (Å²) in [5, 5.41) is 0. The average molecular weight is 235 g/mol. The third-order valence-corrected chi connectivity index (χ3v) is 2.83. The Balaban J connectivity index is 0.000000686. The van der Waals surface area contributed by atoms with Crippen molar-refractivity contribution in [2.24, 2.45) is 0 Å². The quantitative estimate of drug-likeness (QED) is 0.700. The lowest BCUT2D eigenvalue weighted by molar-refractivity contribution is 0.0600. The molecule has 0 saturated carbocycles. The summed E-state index contributed by atoms with van der Waals surface area (Å²) in [6.07, 6.45) is 1.01. The van der Waals surface area contributed by atoms with Gasteiger partial charge < -0.3 is 9.64 Å². The Morgan fingerprint density at radius 1 is 1.29 bits per heavy atom. The molecule has 0 amide bonds. The van der Waals surface area contributed by atoms with Gasteiger partial charge in [-0.2, -0.15) is 0 Å². The summed E-state index contributed by atoms with van der Waals surface area (Å²) in [6, 6.07) is 5.81. The molecule has 0 saturated heterocycles. The van der Waals surface area contributed by atoms with E-state index in [0.29, 0.717) is 5.56 Å². The minimum atomic E-state index is -0.253. The molecule has 3 heteroatoms. The number of methoxy groups -OCH3 is 1. The van der Waals surface area contributed by atoms with E-state index in [2.05, 4.69) is 11.9 Å². The zero-order chi connectivity index (χ0) is 12.8. The number of likely N-dealkylation sites (N-methyl/N-ethyl adjacent to an activating group) is 1. The van der Waals surface area contributed by atoms with Crippen LogP contribution >= 0.6 is 0 Å². The number of rotatable bonds is 1. The van der Waals surface area contributed by atoms with Crippen LogP contribution in [0.5, 0.6) is 0 Å². The van der Waals surface area contributed by atoms with Crippen LogP contribution < -0.4 is 0 Å². The fraction of sp³-hybridized carbons (Fsp3) is 0.500. The largest absolute Gasteiger partial charge is 0.465 e. The number of benzene rings is 1. The van der Waals surface area contributed by atoms with Crippen molar-refractivity contribution < 1.29 is 9.53 Å². The fourth-order valence-corrected chi connectivity index (χ4v) is 1.94. The summed E-state index contributed by atoms with van der Waals surface area (Å²) in [4.78, 5) is 13.6. The molecule has 0 N–H and O–H groups in total. The van der Waals surface area contributed by atoms with Crippen molar-refractivity contribution in [2.45, 2.75) is 26.8 Å². The van der Waals surface area contributed by atoms with Gasteiger partial charge in [-0.3, -0.25) is 0 Å². The van der Waals surface area contributed by atoms with Gasteiger partial charge in [0.25, 0.3) is 0 Å². The minimum absolute atomic E-state index is 0.253. The number of nitrogens with zero attached hydrogens (tertiary/aromatic N) is 1. The van der Waals surface area contributed by atoms with E-state index >= 15 is 0 Å². The Labute approximate surface area is 103 Å². The fourth-order valence-electron chi connectivity index (χ4n) is 1.94. The Morgan fingerprint density at radius 2 is 2.00 bits per heavy atom. The maximum Gasteiger partial charge on any atom is 0.337 e. The first-order chi connectivity index (χ1) is 8.20. The molecule has 0 spiro atoms. The first-order valence-electron chi connectivity index (χ1n) is 6.09. The summed E-state index contributed by atoms with van der Waals surface area (Å²) < 4.78 is 4.70. The molecular weight excluding hydrogens is 214 g/mol. The highest BCUT2D eigenvalue weighted by atomic mass is 16.5. The number of carbonyl (C=O) groups excluding carboxylic acids is 1. The van der Waals surface area contributed by atoms with E-state index in [-0.39, 0.29) is 5.97 Å². The number of hydrogen-bond donors (Lipinski definition) is 0. The predicted molar refractivity (Wildman–Crippen MR) is 69.2 cm³/mol. The molecule has 0 radical (unpaired) electrons. The van der Waals surface area contributed by atoms with Crippen LogP contribution in [0.3, 0.4) is 0 Å². The molecule has 0 atom stereocenters. The second kappa shape index (κ2) is 6.40. The highest BCUT2D eigenvalue weighted by Gasteiger charge is 2.15. The lowest BCUT2D eigenvalue weighted by atomic mass is 9.98. The van der Waals surface area contributed by atoms with E-state index in [9.17, 15) is 4.79 Å². The van der Waals surface area contributed by atoms with Crippen molar-refractivity contribution >= 4 is 5.97 Å². The van der Waals surface area contributed by atoms with Crippen LogP contribution in [0.4, 0.5) is 0 Å². The highest BCUT2D eigenvalue weighted by Crippen LogP contribution is 2.19. The Bertz CT molecular complexity index is 388. The van der Waals surface area contributed by atoms with Crippen LogP contribution in [0.25, 0.3) is 0 Å². The van der Waals surface area contributed by atoms with Crippen LogP contribution in [0.15, 0.2) is 18.2 Å². The van der Waals surface area contributed by atoms with Gasteiger partial charge in [0.05, 0.1) is 12.7 Å². The molecule has 17 heavy (non-hydrogen) atoms. The third-order valence-electron chi connectivity index (χ3n) is 2.83. The van der Waals surface area contributed by atoms with Gasteiger partial charge in [0.2, 0.25) is 0 Å². The number of hydrogen-bond acceptors (Lipinski definition) is 3. The molecule has 3 nitrogen and oxygen atoms in total. The molecule has 1 aliphatic rings. The zero-order valence-corrected chi connectivity index (χ0v) is 11.1. The Hall–Kier alpha value is -1.35. The summed E-state index contributed by atoms with van der Waals surface area (Å²) in [5.74, 6) is -0.253. The third kappa shape index (κ3) is 3.30. The van der Waals surface area contributed by atoms with E-state index in [1.165, 1.54) is 18.2 Å². The van der Waals surface area contributed by atoms with Crippen LogP contribution in [-0.4, -0.2) is 31.6 Å². The molecule has 1 aliphatic heterocycles. The molecule has 0 aliphatic carbocycles. The molecule has 0 bridgehead atoms. The van der Waals surface area contributed by atoms with Gasteiger partial charge in [-0.1, -0.05) is 19.9 Å². The SMILES string of the molecule is CC.COC(=O)c1ccc2c(c1)CCN(C)C2. The van der Waals surface area contributed by atoms with Crippen LogP contribution in [0.1, 0.15) is 35.3 Å². The zero-order valence-electron chi connectivity index (χ0n) is 11.1. The first kappa shape index (κ1) is 13.7. The lowest BCUT2D eigenvalue weighted by Gasteiger charge is -2.25. The van der Waals surface area contributed by atoms with E-state index in [4.69, 9.17) is 4.74 Å². The van der Waals surface area contributed by atoms with Crippen molar-refractivity contribution in [2.75, 3.05) is 20.7 Å². The standard InChI is InChI=1S/C12H15NO2.C2H6/c1-13-6-5-9-7-10(12(14)15-2)3-4-11(9)8-13;1-2/h3-4,7H,5-6,8H2,1-2H3;1-2H3. The summed E-state index contributed by atoms with van der Waals surface area (Å²) in [5.41, 5.74) is 3.24. The molecule has 0 fully saturated rings. The number of ether oxygens (including phenoxy) is 1. The van der Waals surface area contributed by atoms with E-state index in [1.54, 1.807) is 0 Å². The van der Waals surface area contributed by atoms with Crippen molar-refractivity contribution in [3.63, 3.8) is 0 Å². The van der Waals surface area contributed by atoms with Gasteiger partial charge in [-0.25, -0.2) is 4.79 Å². The molecule has 0 aromatic heterocycles. The first-order valence-corrected chi connectivity index (χ1v) is 6.09. The lowest BCUT2D eigenvalue weighted by Crippen LogP contribution is -2.26. The maximum atomic E-state index is 11.3. The number of carbonyl (C=O) groups is 1. The van der Waals surface area contributed by atoms with Crippen molar-refractivity contribution in [1.29, 1.82) is 0 Å². The van der Waals surface area contributed by atoms with Gasteiger partial charge in [0, 0.05) is 13.1 Å². The molecule has 94 valence electrons.